The van der Waals surface area contributed by atoms with E-state index in [1.165, 1.54) is 4.90 Å². The van der Waals surface area contributed by atoms with Crippen LogP contribution in [0.5, 0.6) is 0 Å². The Kier molecular flexibility index (Phi) is 4.37. The number of thioether (sulfide) groups is 1. The predicted octanol–water partition coefficient (Wildman–Crippen LogP) is 0.195. The molecule has 0 bridgehead atoms. The van der Waals surface area contributed by atoms with Gasteiger partial charge in [0, 0.05) is 5.52 Å². The molecule has 3 aromatic rings. The van der Waals surface area contributed by atoms with Crippen LogP contribution in [0.25, 0.3) is 11.0 Å². The van der Waals surface area contributed by atoms with E-state index in [9.17, 15) is 0 Å². The monoisotopic (exact) mass is 247 g/mol. The van der Waals surface area contributed by atoms with Gasteiger partial charge in [-0.1, -0.05) is 53.0 Å². The van der Waals surface area contributed by atoms with Gasteiger partial charge in [-0.25, -0.2) is 0 Å². The number of para-hydroxylation sites is 1. The molecule has 0 radical (unpaired) electrons. The molecule has 84 valence electrons. The van der Waals surface area contributed by atoms with Gasteiger partial charge in [0.1, 0.15) is 0 Å². The van der Waals surface area contributed by atoms with Crippen LogP contribution in [0.15, 0.2) is 59.5 Å². The van der Waals surface area contributed by atoms with E-state index in [1.807, 2.05) is 48.3 Å². The maximum Gasteiger partial charge on any atom is 1.00 e. The Morgan fingerprint density at radius 2 is 1.67 bits per heavy atom. The van der Waals surface area contributed by atoms with Crippen molar-refractivity contribution in [2.75, 3.05) is 0 Å². The Labute approximate surface area is 122 Å². The summed E-state index contributed by atoms with van der Waals surface area (Å²) >= 11 is 1.63. The molecule has 1 heterocycles. The van der Waals surface area contributed by atoms with Gasteiger partial charge >= 0.3 is 18.9 Å². The van der Waals surface area contributed by atoms with Gasteiger partial charge in [-0.05, 0) is 17.0 Å². The number of fused-ring (bicyclic) bond motifs is 1. The summed E-state index contributed by atoms with van der Waals surface area (Å²) in [5, 5.41) is 8.20. The maximum atomic E-state index is 4.10. The molecule has 2 aromatic carbocycles. The van der Waals surface area contributed by atoms with E-state index in [4.69, 9.17) is 0 Å². The molecular formula is C13H10LiN3S. The van der Waals surface area contributed by atoms with E-state index in [0.29, 0.717) is 0 Å². The molecule has 0 atom stereocenters. The van der Waals surface area contributed by atoms with Crippen LogP contribution in [-0.2, 0) is 0 Å². The molecule has 0 aliphatic rings. The molecule has 0 N–H and O–H groups in total. The second-order valence-electron chi connectivity index (χ2n) is 3.56. The quantitative estimate of drug-likeness (QED) is 0.376. The molecule has 3 nitrogen and oxygen atoms in total. The van der Waals surface area contributed by atoms with Gasteiger partial charge < -0.3 is 4.68 Å². The third-order valence-electron chi connectivity index (χ3n) is 2.41. The number of rotatable bonds is 3. The van der Waals surface area contributed by atoms with E-state index < -0.39 is 0 Å². The zero-order chi connectivity index (χ0) is 11.5. The van der Waals surface area contributed by atoms with Gasteiger partial charge in [0.15, 0.2) is 0 Å². The van der Waals surface area contributed by atoms with E-state index in [2.05, 4.69) is 22.4 Å². The van der Waals surface area contributed by atoms with E-state index in [-0.39, 0.29) is 18.9 Å². The van der Waals surface area contributed by atoms with Crippen molar-refractivity contribution in [1.29, 1.82) is 0 Å². The van der Waals surface area contributed by atoms with Gasteiger partial charge in [0.05, 0.1) is 0 Å². The summed E-state index contributed by atoms with van der Waals surface area (Å²) in [5.74, 6) is 1.96. The fourth-order valence-corrected chi connectivity index (χ4v) is 2.27. The second kappa shape index (κ2) is 6.01. The van der Waals surface area contributed by atoms with Crippen LogP contribution < -0.4 is 18.9 Å². The van der Waals surface area contributed by atoms with Crippen LogP contribution >= 0.6 is 11.8 Å². The minimum absolute atomic E-state index is 0. The van der Waals surface area contributed by atoms with Crippen molar-refractivity contribution in [2.24, 2.45) is 0 Å². The van der Waals surface area contributed by atoms with Gasteiger partial charge in [0.25, 0.3) is 0 Å². The van der Waals surface area contributed by atoms with E-state index >= 15 is 0 Å². The van der Waals surface area contributed by atoms with Gasteiger partial charge in [-0.3, -0.25) is 0 Å². The summed E-state index contributed by atoms with van der Waals surface area (Å²) in [5.41, 5.74) is 1.94. The standard InChI is InChI=1S/C13H10N3S.Li/c1-2-6-11(7-3-1)17-10-16-13-9-5-4-8-12(13)14-15-16;/h1-10H;/q-1;+1. The first-order chi connectivity index (χ1) is 8.43. The van der Waals surface area contributed by atoms with Crippen LogP contribution in [0.2, 0.25) is 0 Å². The Morgan fingerprint density at radius 1 is 0.944 bits per heavy atom. The van der Waals surface area contributed by atoms with Crippen molar-refractivity contribution < 1.29 is 18.9 Å². The summed E-state index contributed by atoms with van der Waals surface area (Å²) in [4.78, 5) is 1.19. The number of hydrogen-bond donors (Lipinski definition) is 0. The molecule has 0 saturated carbocycles. The number of hydrogen-bond acceptors (Lipinski definition) is 3. The Hall–Kier alpha value is -1.34. The topological polar surface area (TPSA) is 30.7 Å². The molecule has 0 unspecified atom stereocenters. The van der Waals surface area contributed by atoms with Crippen molar-refractivity contribution in [3.63, 3.8) is 0 Å². The van der Waals surface area contributed by atoms with Crippen LogP contribution in [0.3, 0.4) is 0 Å². The molecule has 1 aromatic heterocycles. The molecule has 0 fully saturated rings. The van der Waals surface area contributed by atoms with Crippen LogP contribution in [-0.4, -0.2) is 15.0 Å². The Bertz CT molecular complexity index is 624. The van der Waals surface area contributed by atoms with E-state index in [0.717, 1.165) is 11.0 Å². The Morgan fingerprint density at radius 3 is 2.50 bits per heavy atom. The van der Waals surface area contributed by atoms with Crippen LogP contribution in [0.4, 0.5) is 0 Å². The fraction of sp³-hybridized carbons (Fsp3) is 0. The van der Waals surface area contributed by atoms with E-state index in [1.54, 1.807) is 16.4 Å². The number of nitrogens with zero attached hydrogens (tertiary/aromatic N) is 3. The van der Waals surface area contributed by atoms with Crippen molar-refractivity contribution >= 4 is 22.8 Å². The third kappa shape index (κ3) is 2.73. The summed E-state index contributed by atoms with van der Waals surface area (Å²) in [6.45, 7) is 0. The molecule has 18 heavy (non-hydrogen) atoms. The van der Waals surface area contributed by atoms with Crippen molar-refractivity contribution in [3.05, 3.63) is 60.5 Å². The van der Waals surface area contributed by atoms with Crippen molar-refractivity contribution in [2.45, 2.75) is 4.90 Å². The molecular weight excluding hydrogens is 237 g/mol. The van der Waals surface area contributed by atoms with Gasteiger partial charge in [0.2, 0.25) is 0 Å². The normalized spacial score (nSPS) is 10.0. The summed E-state index contributed by atoms with van der Waals surface area (Å²) in [6, 6.07) is 18.1. The molecule has 0 saturated heterocycles. The largest absolute Gasteiger partial charge is 1.00 e. The number of benzene rings is 2. The molecule has 5 heteroatoms. The molecule has 0 amide bonds. The third-order valence-corrected chi connectivity index (χ3v) is 3.26. The summed E-state index contributed by atoms with van der Waals surface area (Å²) in [7, 11) is 0. The first kappa shape index (κ1) is 13.1. The fourth-order valence-electron chi connectivity index (χ4n) is 1.57. The predicted molar refractivity (Wildman–Crippen MR) is 69.5 cm³/mol. The van der Waals surface area contributed by atoms with Crippen molar-refractivity contribution in [1.82, 2.24) is 15.0 Å². The van der Waals surface area contributed by atoms with Gasteiger partial charge in [-0.2, -0.15) is 16.9 Å². The molecule has 0 spiro atoms. The Balaban J connectivity index is 0.00000120. The minimum Gasteiger partial charge on any atom is -0.368 e. The summed E-state index contributed by atoms with van der Waals surface area (Å²) < 4.78 is 1.80. The van der Waals surface area contributed by atoms with Crippen LogP contribution in [0.1, 0.15) is 0 Å². The second-order valence-corrected chi connectivity index (χ2v) is 4.48. The zero-order valence-electron chi connectivity index (χ0n) is 10.0. The van der Waals surface area contributed by atoms with Crippen molar-refractivity contribution in [3.8, 4) is 0 Å². The zero-order valence-corrected chi connectivity index (χ0v) is 10.8. The first-order valence-electron chi connectivity index (χ1n) is 5.28. The maximum absolute atomic E-state index is 4.10. The molecule has 0 aliphatic heterocycles. The SMILES string of the molecule is [Li+].c1ccc(S[CH-]n2nnc3ccccc32)cc1. The average molecular weight is 247 g/mol. The minimum atomic E-state index is 0. The summed E-state index contributed by atoms with van der Waals surface area (Å²) in [6.07, 6.45) is 0. The van der Waals surface area contributed by atoms with Crippen LogP contribution in [0, 0.1) is 5.88 Å². The molecule has 0 aliphatic carbocycles. The smallest absolute Gasteiger partial charge is 0.368 e. The van der Waals surface area contributed by atoms with Gasteiger partial charge in [-0.15, -0.1) is 6.07 Å². The average Bonchev–Trinajstić information content (AvgIpc) is 2.81. The molecule has 3 rings (SSSR count). The first-order valence-corrected chi connectivity index (χ1v) is 6.16. The number of aromatic nitrogens is 3.